The lowest BCUT2D eigenvalue weighted by atomic mass is 10.3. The van der Waals surface area contributed by atoms with Gasteiger partial charge in [-0.15, -0.1) is 0 Å². The van der Waals surface area contributed by atoms with Gasteiger partial charge < -0.3 is 14.4 Å². The van der Waals surface area contributed by atoms with Crippen molar-refractivity contribution in [2.45, 2.75) is 13.0 Å². The van der Waals surface area contributed by atoms with Crippen LogP contribution in [0.2, 0.25) is 0 Å². The molecule has 0 aliphatic heterocycles. The van der Waals surface area contributed by atoms with E-state index in [1.54, 1.807) is 6.20 Å². The van der Waals surface area contributed by atoms with Gasteiger partial charge in [0.15, 0.2) is 5.82 Å². The minimum atomic E-state index is 0.0477. The molecule has 0 radical (unpaired) electrons. The topological polar surface area (TPSA) is 68.8 Å². The zero-order valence-electron chi connectivity index (χ0n) is 8.93. The number of aromatic nitrogens is 4. The molecule has 0 aliphatic carbocycles. The van der Waals surface area contributed by atoms with E-state index in [0.717, 1.165) is 0 Å². The lowest BCUT2D eigenvalue weighted by Crippen LogP contribution is -2.12. The Labute approximate surface area is 87.3 Å². The molecule has 0 bridgehead atoms. The standard InChI is InChI=1S/C9H13N5O/c1-6(10-2)9-12-7(13-15-9)8-11-4-5-14(8)3/h4-6,10H,1-3H3. The van der Waals surface area contributed by atoms with Crippen LogP contribution in [0.15, 0.2) is 16.9 Å². The van der Waals surface area contributed by atoms with Gasteiger partial charge in [-0.25, -0.2) is 4.98 Å². The molecule has 6 heteroatoms. The van der Waals surface area contributed by atoms with Crippen molar-refractivity contribution in [3.05, 3.63) is 18.3 Å². The number of nitrogens with zero attached hydrogens (tertiary/aromatic N) is 4. The van der Waals surface area contributed by atoms with E-state index < -0.39 is 0 Å². The summed E-state index contributed by atoms with van der Waals surface area (Å²) in [7, 11) is 3.73. The highest BCUT2D eigenvalue weighted by Gasteiger charge is 2.15. The van der Waals surface area contributed by atoms with Gasteiger partial charge in [-0.05, 0) is 14.0 Å². The summed E-state index contributed by atoms with van der Waals surface area (Å²) in [6, 6.07) is 0.0477. The van der Waals surface area contributed by atoms with Crippen molar-refractivity contribution in [2.75, 3.05) is 7.05 Å². The number of hydrogen-bond acceptors (Lipinski definition) is 5. The zero-order chi connectivity index (χ0) is 10.8. The molecule has 0 amide bonds. The van der Waals surface area contributed by atoms with Crippen LogP contribution in [0.3, 0.4) is 0 Å². The summed E-state index contributed by atoms with van der Waals surface area (Å²) in [5, 5.41) is 6.91. The Balaban J connectivity index is 2.32. The minimum Gasteiger partial charge on any atom is -0.337 e. The van der Waals surface area contributed by atoms with Crippen molar-refractivity contribution in [3.63, 3.8) is 0 Å². The molecule has 1 N–H and O–H groups in total. The SMILES string of the molecule is CNC(C)c1nc(-c2nccn2C)no1. The fourth-order valence-electron chi connectivity index (χ4n) is 1.21. The highest BCUT2D eigenvalue weighted by molar-refractivity contribution is 5.42. The molecule has 1 unspecified atom stereocenters. The van der Waals surface area contributed by atoms with Gasteiger partial charge >= 0.3 is 0 Å². The monoisotopic (exact) mass is 207 g/mol. The average molecular weight is 207 g/mol. The summed E-state index contributed by atoms with van der Waals surface area (Å²) in [5.74, 6) is 1.78. The van der Waals surface area contributed by atoms with Crippen molar-refractivity contribution in [3.8, 4) is 11.6 Å². The van der Waals surface area contributed by atoms with Crippen LogP contribution in [0, 0.1) is 0 Å². The maximum atomic E-state index is 5.12. The van der Waals surface area contributed by atoms with Gasteiger partial charge in [-0.1, -0.05) is 5.16 Å². The number of aryl methyl sites for hydroxylation is 1. The van der Waals surface area contributed by atoms with Gasteiger partial charge in [-0.3, -0.25) is 0 Å². The van der Waals surface area contributed by atoms with E-state index in [9.17, 15) is 0 Å². The van der Waals surface area contributed by atoms with Crippen LogP contribution in [-0.4, -0.2) is 26.7 Å². The zero-order valence-corrected chi connectivity index (χ0v) is 8.93. The quantitative estimate of drug-likeness (QED) is 0.804. The van der Waals surface area contributed by atoms with Gasteiger partial charge in [0, 0.05) is 19.4 Å². The third-order valence-corrected chi connectivity index (χ3v) is 2.27. The first-order chi connectivity index (χ1) is 7.22. The number of nitrogens with one attached hydrogen (secondary N) is 1. The average Bonchev–Trinajstić information content (AvgIpc) is 2.84. The fourth-order valence-corrected chi connectivity index (χ4v) is 1.21. The van der Waals surface area contributed by atoms with Crippen molar-refractivity contribution in [1.82, 2.24) is 25.0 Å². The third-order valence-electron chi connectivity index (χ3n) is 2.27. The van der Waals surface area contributed by atoms with Gasteiger partial charge in [0.05, 0.1) is 6.04 Å². The van der Waals surface area contributed by atoms with Gasteiger partial charge in [0.1, 0.15) is 0 Å². The number of rotatable bonds is 3. The third kappa shape index (κ3) is 1.75. The molecule has 2 rings (SSSR count). The molecule has 2 aromatic heterocycles. The Hall–Kier alpha value is -1.69. The molecule has 2 heterocycles. The molecule has 6 nitrogen and oxygen atoms in total. The first-order valence-corrected chi connectivity index (χ1v) is 4.71. The lowest BCUT2D eigenvalue weighted by molar-refractivity contribution is 0.347. The summed E-state index contributed by atoms with van der Waals surface area (Å²) in [4.78, 5) is 8.40. The van der Waals surface area contributed by atoms with Gasteiger partial charge in [0.2, 0.25) is 11.7 Å². The van der Waals surface area contributed by atoms with Crippen LogP contribution in [-0.2, 0) is 7.05 Å². The Bertz CT molecular complexity index is 447. The Morgan fingerprint density at radius 1 is 1.53 bits per heavy atom. The molecular formula is C9H13N5O. The van der Waals surface area contributed by atoms with Crippen LogP contribution in [0.4, 0.5) is 0 Å². The lowest BCUT2D eigenvalue weighted by Gasteiger charge is -2.01. The van der Waals surface area contributed by atoms with E-state index in [4.69, 9.17) is 4.52 Å². The molecular weight excluding hydrogens is 194 g/mol. The molecule has 15 heavy (non-hydrogen) atoms. The van der Waals surface area contributed by atoms with Crippen LogP contribution in [0.5, 0.6) is 0 Å². The largest absolute Gasteiger partial charge is 0.337 e. The van der Waals surface area contributed by atoms with Crippen molar-refractivity contribution in [1.29, 1.82) is 0 Å². The van der Waals surface area contributed by atoms with Crippen LogP contribution in [0.25, 0.3) is 11.6 Å². The number of hydrogen-bond donors (Lipinski definition) is 1. The van der Waals surface area contributed by atoms with Gasteiger partial charge in [-0.2, -0.15) is 4.98 Å². The fraction of sp³-hybridized carbons (Fsp3) is 0.444. The summed E-state index contributed by atoms with van der Waals surface area (Å²) in [6.07, 6.45) is 3.54. The summed E-state index contributed by atoms with van der Waals surface area (Å²) in [6.45, 7) is 1.95. The molecule has 0 saturated heterocycles. The molecule has 80 valence electrons. The second kappa shape index (κ2) is 3.82. The molecule has 1 atom stereocenters. The molecule has 0 aliphatic rings. The molecule has 0 spiro atoms. The van der Waals surface area contributed by atoms with Crippen molar-refractivity contribution in [2.24, 2.45) is 7.05 Å². The molecule has 0 saturated carbocycles. The van der Waals surface area contributed by atoms with Crippen molar-refractivity contribution < 1.29 is 4.52 Å². The maximum Gasteiger partial charge on any atom is 0.243 e. The Morgan fingerprint density at radius 2 is 2.33 bits per heavy atom. The van der Waals surface area contributed by atoms with E-state index in [1.165, 1.54) is 0 Å². The second-order valence-corrected chi connectivity index (χ2v) is 3.33. The summed E-state index contributed by atoms with van der Waals surface area (Å²) < 4.78 is 6.97. The van der Waals surface area contributed by atoms with E-state index >= 15 is 0 Å². The first kappa shape index (κ1) is 9.85. The second-order valence-electron chi connectivity index (χ2n) is 3.33. The first-order valence-electron chi connectivity index (χ1n) is 4.71. The molecule has 2 aromatic rings. The smallest absolute Gasteiger partial charge is 0.243 e. The predicted octanol–water partition coefficient (Wildman–Crippen LogP) is 0.750. The number of imidazole rings is 1. The Morgan fingerprint density at radius 3 is 2.93 bits per heavy atom. The predicted molar refractivity (Wildman–Crippen MR) is 54.0 cm³/mol. The van der Waals surface area contributed by atoms with Crippen molar-refractivity contribution >= 4 is 0 Å². The Kier molecular flexibility index (Phi) is 2.51. The maximum absolute atomic E-state index is 5.12. The normalized spacial score (nSPS) is 13.0. The van der Waals surface area contributed by atoms with E-state index in [-0.39, 0.29) is 6.04 Å². The van der Waals surface area contributed by atoms with E-state index in [2.05, 4.69) is 20.4 Å². The summed E-state index contributed by atoms with van der Waals surface area (Å²) in [5.41, 5.74) is 0. The van der Waals surface area contributed by atoms with Gasteiger partial charge in [0.25, 0.3) is 0 Å². The van der Waals surface area contributed by atoms with Crippen LogP contribution in [0.1, 0.15) is 18.9 Å². The van der Waals surface area contributed by atoms with E-state index in [1.807, 2.05) is 31.8 Å². The minimum absolute atomic E-state index is 0.0477. The highest BCUT2D eigenvalue weighted by Crippen LogP contribution is 2.15. The highest BCUT2D eigenvalue weighted by atomic mass is 16.5. The molecule has 0 fully saturated rings. The van der Waals surface area contributed by atoms with E-state index in [0.29, 0.717) is 17.5 Å². The summed E-state index contributed by atoms with van der Waals surface area (Å²) >= 11 is 0. The van der Waals surface area contributed by atoms with Crippen LogP contribution >= 0.6 is 0 Å². The molecule has 0 aromatic carbocycles. The van der Waals surface area contributed by atoms with Crippen LogP contribution < -0.4 is 5.32 Å².